The van der Waals surface area contributed by atoms with Crippen LogP contribution in [0.3, 0.4) is 0 Å². The van der Waals surface area contributed by atoms with E-state index in [1.807, 2.05) is 61.5 Å². The number of ether oxygens (including phenoxy) is 1. The number of carbonyl (C=O) groups is 2. The summed E-state index contributed by atoms with van der Waals surface area (Å²) >= 11 is 9.64. The molecule has 0 saturated heterocycles. The van der Waals surface area contributed by atoms with E-state index in [0.717, 1.165) is 32.7 Å². The van der Waals surface area contributed by atoms with Crippen LogP contribution in [0.15, 0.2) is 112 Å². The first-order valence-corrected chi connectivity index (χ1v) is 17.5. The molecule has 4 aromatic rings. The number of unbranched alkanes of at least 4 members (excludes halogenated alkanes) is 1. The van der Waals surface area contributed by atoms with Gasteiger partial charge in [0.15, 0.2) is 0 Å². The molecule has 4 rings (SSSR count). The molecule has 0 aliphatic heterocycles. The third-order valence-corrected chi connectivity index (χ3v) is 9.92. The molecule has 0 bridgehead atoms. The molecule has 1 atom stereocenters. The lowest BCUT2D eigenvalue weighted by Crippen LogP contribution is -2.53. The van der Waals surface area contributed by atoms with Crippen molar-refractivity contribution in [3.63, 3.8) is 0 Å². The standard InChI is InChI=1S/C35H37BrClN3O5S/c1-3-4-21-38-35(42)33(23-26-9-6-5-7-10-26)39(24-27-11-8-12-28(36)22-27)34(41)25-40(30-15-13-29(37)14-16-30)46(43,44)32-19-17-31(45-2)18-20-32/h5-20,22,33H,3-4,21,23-25H2,1-2H3,(H,38,42)/t33-/m1/s1. The molecule has 0 fully saturated rings. The molecule has 0 heterocycles. The van der Waals surface area contributed by atoms with Gasteiger partial charge in [-0.15, -0.1) is 0 Å². The van der Waals surface area contributed by atoms with Gasteiger partial charge in [-0.25, -0.2) is 8.42 Å². The molecule has 46 heavy (non-hydrogen) atoms. The van der Waals surface area contributed by atoms with Gasteiger partial charge < -0.3 is 15.0 Å². The lowest BCUT2D eigenvalue weighted by atomic mass is 10.0. The van der Waals surface area contributed by atoms with Crippen LogP contribution >= 0.6 is 27.5 Å². The van der Waals surface area contributed by atoms with Gasteiger partial charge in [0.25, 0.3) is 10.0 Å². The van der Waals surface area contributed by atoms with Crippen molar-refractivity contribution in [3.05, 3.63) is 124 Å². The summed E-state index contributed by atoms with van der Waals surface area (Å²) < 4.78 is 35.4. The van der Waals surface area contributed by atoms with Gasteiger partial charge in [-0.3, -0.25) is 13.9 Å². The Kier molecular flexibility index (Phi) is 12.7. The van der Waals surface area contributed by atoms with Crippen molar-refractivity contribution >= 4 is 55.1 Å². The van der Waals surface area contributed by atoms with Crippen molar-refractivity contribution in [2.24, 2.45) is 0 Å². The maximum Gasteiger partial charge on any atom is 0.264 e. The monoisotopic (exact) mass is 725 g/mol. The highest BCUT2D eigenvalue weighted by Gasteiger charge is 2.34. The lowest BCUT2D eigenvalue weighted by Gasteiger charge is -2.34. The van der Waals surface area contributed by atoms with Gasteiger partial charge in [-0.05, 0) is 78.2 Å². The highest BCUT2D eigenvalue weighted by Crippen LogP contribution is 2.27. The van der Waals surface area contributed by atoms with Crippen molar-refractivity contribution in [1.82, 2.24) is 10.2 Å². The topological polar surface area (TPSA) is 96.0 Å². The lowest BCUT2D eigenvalue weighted by molar-refractivity contribution is -0.140. The first kappa shape index (κ1) is 35.0. The average molecular weight is 727 g/mol. The summed E-state index contributed by atoms with van der Waals surface area (Å²) in [7, 11) is -2.75. The van der Waals surface area contributed by atoms with E-state index in [-0.39, 0.29) is 29.5 Å². The normalized spacial score (nSPS) is 11.8. The van der Waals surface area contributed by atoms with Crippen molar-refractivity contribution < 1.29 is 22.7 Å². The summed E-state index contributed by atoms with van der Waals surface area (Å²) in [6, 6.07) is 28.2. The van der Waals surface area contributed by atoms with E-state index in [9.17, 15) is 18.0 Å². The van der Waals surface area contributed by atoms with Crippen molar-refractivity contribution in [1.29, 1.82) is 0 Å². The van der Waals surface area contributed by atoms with Gasteiger partial charge in [0.05, 0.1) is 17.7 Å². The molecule has 11 heteroatoms. The smallest absolute Gasteiger partial charge is 0.264 e. The molecule has 8 nitrogen and oxygen atoms in total. The number of benzene rings is 4. The van der Waals surface area contributed by atoms with Crippen LogP contribution in [-0.2, 0) is 32.6 Å². The molecule has 4 aromatic carbocycles. The Morgan fingerprint density at radius 3 is 2.22 bits per heavy atom. The Morgan fingerprint density at radius 2 is 1.59 bits per heavy atom. The quantitative estimate of drug-likeness (QED) is 0.135. The molecule has 0 saturated carbocycles. The van der Waals surface area contributed by atoms with Crippen LogP contribution in [0, 0.1) is 0 Å². The Bertz CT molecular complexity index is 1700. The molecule has 0 spiro atoms. The van der Waals surface area contributed by atoms with Crippen molar-refractivity contribution in [2.45, 2.75) is 43.7 Å². The summed E-state index contributed by atoms with van der Waals surface area (Å²) in [5.74, 6) is -0.360. The fourth-order valence-corrected chi connectivity index (χ4v) is 6.89. The third-order valence-electron chi connectivity index (χ3n) is 7.38. The fraction of sp³-hybridized carbons (Fsp3) is 0.257. The largest absolute Gasteiger partial charge is 0.497 e. The van der Waals surface area contributed by atoms with E-state index in [0.29, 0.717) is 17.3 Å². The number of sulfonamides is 1. The fourth-order valence-electron chi connectivity index (χ4n) is 4.90. The minimum atomic E-state index is -4.24. The maximum absolute atomic E-state index is 14.5. The van der Waals surface area contributed by atoms with Gasteiger partial charge >= 0.3 is 0 Å². The predicted octanol–water partition coefficient (Wildman–Crippen LogP) is 6.86. The molecule has 0 aromatic heterocycles. The number of nitrogens with zero attached hydrogens (tertiary/aromatic N) is 2. The third kappa shape index (κ3) is 9.34. The molecule has 2 amide bonds. The first-order valence-electron chi connectivity index (χ1n) is 14.9. The van der Waals surface area contributed by atoms with Gasteiger partial charge in [0.1, 0.15) is 18.3 Å². The van der Waals surface area contributed by atoms with E-state index in [1.54, 1.807) is 36.4 Å². The van der Waals surface area contributed by atoms with Crippen LogP contribution in [0.5, 0.6) is 5.75 Å². The predicted molar refractivity (Wildman–Crippen MR) is 186 cm³/mol. The minimum Gasteiger partial charge on any atom is -0.497 e. The van der Waals surface area contributed by atoms with Gasteiger partial charge in [0.2, 0.25) is 11.8 Å². The van der Waals surface area contributed by atoms with Gasteiger partial charge in [-0.2, -0.15) is 0 Å². The Morgan fingerprint density at radius 1 is 0.913 bits per heavy atom. The second kappa shape index (κ2) is 16.6. The molecule has 0 aliphatic rings. The average Bonchev–Trinajstić information content (AvgIpc) is 3.06. The summed E-state index contributed by atoms with van der Waals surface area (Å²) in [6.07, 6.45) is 1.92. The number of nitrogens with one attached hydrogen (secondary N) is 1. The molecule has 0 radical (unpaired) electrons. The zero-order valence-electron chi connectivity index (χ0n) is 25.7. The second-order valence-electron chi connectivity index (χ2n) is 10.7. The maximum atomic E-state index is 14.5. The van der Waals surface area contributed by atoms with E-state index in [4.69, 9.17) is 16.3 Å². The highest BCUT2D eigenvalue weighted by atomic mass is 79.9. The molecule has 0 unspecified atom stereocenters. The van der Waals surface area contributed by atoms with E-state index in [1.165, 1.54) is 24.1 Å². The number of hydrogen-bond donors (Lipinski definition) is 1. The first-order chi connectivity index (χ1) is 22.1. The molecule has 1 N–H and O–H groups in total. The number of methoxy groups -OCH3 is 1. The number of rotatable bonds is 15. The Hall–Kier alpha value is -3.86. The van der Waals surface area contributed by atoms with E-state index in [2.05, 4.69) is 21.2 Å². The number of carbonyl (C=O) groups excluding carboxylic acids is 2. The van der Waals surface area contributed by atoms with Crippen LogP contribution in [0.2, 0.25) is 5.02 Å². The zero-order valence-corrected chi connectivity index (χ0v) is 28.9. The highest BCUT2D eigenvalue weighted by molar-refractivity contribution is 9.10. The van der Waals surface area contributed by atoms with Gasteiger partial charge in [0, 0.05) is 29.0 Å². The Balaban J connectivity index is 1.78. The number of amides is 2. The molecule has 242 valence electrons. The number of anilines is 1. The SMILES string of the molecule is CCCCNC(=O)[C@@H](Cc1ccccc1)N(Cc1cccc(Br)c1)C(=O)CN(c1ccc(Cl)cc1)S(=O)(=O)c1ccc(OC)cc1. The number of hydrogen-bond acceptors (Lipinski definition) is 5. The molecule has 0 aliphatic carbocycles. The summed E-state index contributed by atoms with van der Waals surface area (Å²) in [5, 5.41) is 3.41. The molecular weight excluding hydrogens is 690 g/mol. The Labute approximate surface area is 284 Å². The van der Waals surface area contributed by atoms with Crippen LogP contribution in [-0.4, -0.2) is 51.4 Å². The number of halogens is 2. The van der Waals surface area contributed by atoms with Gasteiger partial charge in [-0.1, -0.05) is 83.3 Å². The van der Waals surface area contributed by atoms with Crippen molar-refractivity contribution in [3.8, 4) is 5.75 Å². The summed E-state index contributed by atoms with van der Waals surface area (Å²) in [4.78, 5) is 29.8. The van der Waals surface area contributed by atoms with Crippen LogP contribution in [0.1, 0.15) is 30.9 Å². The summed E-state index contributed by atoms with van der Waals surface area (Å²) in [6.45, 7) is 2.01. The summed E-state index contributed by atoms with van der Waals surface area (Å²) in [5.41, 5.74) is 1.90. The van der Waals surface area contributed by atoms with Crippen LogP contribution in [0.4, 0.5) is 5.69 Å². The second-order valence-corrected chi connectivity index (χ2v) is 13.9. The van der Waals surface area contributed by atoms with E-state index >= 15 is 0 Å². The van der Waals surface area contributed by atoms with Crippen LogP contribution in [0.25, 0.3) is 0 Å². The minimum absolute atomic E-state index is 0.0206. The van der Waals surface area contributed by atoms with E-state index < -0.39 is 28.5 Å². The van der Waals surface area contributed by atoms with Crippen molar-refractivity contribution in [2.75, 3.05) is 24.5 Å². The van der Waals surface area contributed by atoms with Crippen LogP contribution < -0.4 is 14.4 Å². The molecular formula is C35H37BrClN3O5S. The zero-order chi connectivity index (χ0) is 33.1.